The van der Waals surface area contributed by atoms with Gasteiger partial charge in [-0.15, -0.1) is 0 Å². The van der Waals surface area contributed by atoms with Crippen molar-refractivity contribution in [2.75, 3.05) is 0 Å². The molecule has 0 spiro atoms. The van der Waals surface area contributed by atoms with E-state index < -0.39 is 0 Å². The van der Waals surface area contributed by atoms with E-state index in [2.05, 4.69) is 62.4 Å². The Hall–Kier alpha value is -1.13. The molecule has 2 atom stereocenters. The first-order valence-corrected chi connectivity index (χ1v) is 10.2. The van der Waals surface area contributed by atoms with E-state index in [0.29, 0.717) is 5.92 Å². The van der Waals surface area contributed by atoms with Gasteiger partial charge in [0.15, 0.2) is 0 Å². The van der Waals surface area contributed by atoms with Crippen LogP contribution < -0.4 is 5.30 Å². The Morgan fingerprint density at radius 3 is 2.36 bits per heavy atom. The van der Waals surface area contributed by atoms with Crippen molar-refractivity contribution < 1.29 is 0 Å². The molecule has 1 aromatic rings. The summed E-state index contributed by atoms with van der Waals surface area (Å²) in [6.07, 6.45) is 15.4. The molecule has 3 rings (SSSR count). The predicted octanol–water partition coefficient (Wildman–Crippen LogP) is 6.51. The molecular weight excluding hydrogens is 283 g/mol. The van der Waals surface area contributed by atoms with E-state index >= 15 is 0 Å². The smallest absolute Gasteiger partial charge is 0.0221 e. The molecule has 1 aliphatic heterocycles. The highest BCUT2D eigenvalue weighted by Gasteiger charge is 2.33. The van der Waals surface area contributed by atoms with Crippen molar-refractivity contribution in [1.29, 1.82) is 0 Å². The van der Waals surface area contributed by atoms with Crippen molar-refractivity contribution in [3.05, 3.63) is 64.8 Å². The maximum atomic E-state index is 2.58. The molecule has 0 saturated heterocycles. The lowest BCUT2D eigenvalue weighted by Crippen LogP contribution is -2.01. The number of hydrogen-bond donors (Lipinski definition) is 0. The summed E-state index contributed by atoms with van der Waals surface area (Å²) >= 11 is 0. The van der Waals surface area contributed by atoms with E-state index in [1.807, 2.05) is 0 Å². The van der Waals surface area contributed by atoms with Gasteiger partial charge in [0.2, 0.25) is 0 Å². The van der Waals surface area contributed by atoms with Crippen LogP contribution in [-0.4, -0.2) is 0 Å². The molecule has 0 N–H and O–H groups in total. The van der Waals surface area contributed by atoms with Crippen molar-refractivity contribution in [3.8, 4) is 0 Å². The summed E-state index contributed by atoms with van der Waals surface area (Å²) in [5.74, 6) is 0.602. The van der Waals surface area contributed by atoms with E-state index in [1.165, 1.54) is 38.5 Å². The second-order valence-electron chi connectivity index (χ2n) is 6.37. The van der Waals surface area contributed by atoms with E-state index in [0.717, 1.165) is 0 Å². The maximum absolute atomic E-state index is 2.58. The minimum Gasteiger partial charge on any atom is -0.0699 e. The quantitative estimate of drug-likeness (QED) is 0.503. The van der Waals surface area contributed by atoms with Gasteiger partial charge in [-0.05, 0) is 49.5 Å². The van der Waals surface area contributed by atoms with Crippen LogP contribution in [0, 0.1) is 5.92 Å². The van der Waals surface area contributed by atoms with Gasteiger partial charge in [-0.2, -0.15) is 0 Å². The van der Waals surface area contributed by atoms with Gasteiger partial charge in [0.05, 0.1) is 0 Å². The number of hydrogen-bond acceptors (Lipinski definition) is 0. The molecule has 1 heteroatoms. The Kier molecular flexibility index (Phi) is 5.32. The fraction of sp³-hybridized carbons (Fsp3) is 0.429. The average Bonchev–Trinajstić information content (AvgIpc) is 3.08. The standard InChI is InChI=1S/C21H27P/c1-3-5-10-17-14-18-16-20(11-6-4-2)22(21(18)15-17)19-12-8-7-9-13-19/h7-9,12-16,18H,3-6,10-11H2,1-2H3. The van der Waals surface area contributed by atoms with Gasteiger partial charge < -0.3 is 0 Å². The zero-order valence-electron chi connectivity index (χ0n) is 13.9. The van der Waals surface area contributed by atoms with Crippen LogP contribution in [-0.2, 0) is 0 Å². The first-order chi connectivity index (χ1) is 10.8. The number of fused-ring (bicyclic) bond motifs is 1. The predicted molar refractivity (Wildman–Crippen MR) is 99.8 cm³/mol. The Balaban J connectivity index is 1.86. The third kappa shape index (κ3) is 3.28. The summed E-state index contributed by atoms with van der Waals surface area (Å²) in [6, 6.07) is 11.2. The van der Waals surface area contributed by atoms with Crippen LogP contribution in [0.5, 0.6) is 0 Å². The van der Waals surface area contributed by atoms with Gasteiger partial charge in [0.25, 0.3) is 0 Å². The second kappa shape index (κ2) is 7.42. The molecule has 0 bridgehead atoms. The summed E-state index contributed by atoms with van der Waals surface area (Å²) < 4.78 is 0. The summed E-state index contributed by atoms with van der Waals surface area (Å²) in [4.78, 5) is 0. The van der Waals surface area contributed by atoms with Crippen molar-refractivity contribution in [1.82, 2.24) is 0 Å². The molecule has 0 aromatic heterocycles. The molecule has 0 radical (unpaired) electrons. The zero-order chi connectivity index (χ0) is 15.4. The molecule has 0 nitrogen and oxygen atoms in total. The number of benzene rings is 1. The summed E-state index contributed by atoms with van der Waals surface area (Å²) in [7, 11) is -0.227. The molecule has 1 aromatic carbocycles. The van der Waals surface area contributed by atoms with Crippen LogP contribution in [0.4, 0.5) is 0 Å². The largest absolute Gasteiger partial charge is 0.0699 e. The fourth-order valence-corrected chi connectivity index (χ4v) is 6.29. The zero-order valence-corrected chi connectivity index (χ0v) is 14.8. The van der Waals surface area contributed by atoms with Gasteiger partial charge in [-0.25, -0.2) is 0 Å². The molecule has 1 aliphatic carbocycles. The molecule has 0 amide bonds. The molecule has 0 saturated carbocycles. The number of rotatable bonds is 7. The Morgan fingerprint density at radius 2 is 1.64 bits per heavy atom. The van der Waals surface area contributed by atoms with Crippen LogP contribution in [0.1, 0.15) is 52.4 Å². The first-order valence-electron chi connectivity index (χ1n) is 8.81. The summed E-state index contributed by atoms with van der Waals surface area (Å²) in [5.41, 5.74) is 1.58. The van der Waals surface area contributed by atoms with E-state index in [9.17, 15) is 0 Å². The highest BCUT2D eigenvalue weighted by atomic mass is 31.1. The monoisotopic (exact) mass is 310 g/mol. The third-order valence-corrected chi connectivity index (χ3v) is 7.31. The Morgan fingerprint density at radius 1 is 0.909 bits per heavy atom. The van der Waals surface area contributed by atoms with Gasteiger partial charge >= 0.3 is 0 Å². The number of unbranched alkanes of at least 4 members (excludes halogenated alkanes) is 2. The van der Waals surface area contributed by atoms with Crippen molar-refractivity contribution in [2.24, 2.45) is 5.92 Å². The van der Waals surface area contributed by atoms with Gasteiger partial charge in [0.1, 0.15) is 0 Å². The molecular formula is C21H27P. The highest BCUT2D eigenvalue weighted by molar-refractivity contribution is 7.74. The molecule has 1 heterocycles. The van der Waals surface area contributed by atoms with E-state index in [-0.39, 0.29) is 7.92 Å². The first kappa shape index (κ1) is 15.8. The van der Waals surface area contributed by atoms with Crippen molar-refractivity contribution in [2.45, 2.75) is 52.4 Å². The number of allylic oxidation sites excluding steroid dienone is 6. The Labute approximate surface area is 136 Å². The van der Waals surface area contributed by atoms with Crippen LogP contribution >= 0.6 is 7.92 Å². The molecule has 0 fully saturated rings. The summed E-state index contributed by atoms with van der Waals surface area (Å²) in [5, 5.41) is 4.95. The van der Waals surface area contributed by atoms with Gasteiger partial charge in [-0.1, -0.05) is 80.8 Å². The molecule has 116 valence electrons. The lowest BCUT2D eigenvalue weighted by molar-refractivity contribution is 0.796. The lowest BCUT2D eigenvalue weighted by atomic mass is 10.1. The maximum Gasteiger partial charge on any atom is 0.0221 e. The van der Waals surface area contributed by atoms with Gasteiger partial charge in [-0.3, -0.25) is 0 Å². The Bertz CT molecular complexity index is 592. The second-order valence-corrected chi connectivity index (χ2v) is 8.65. The van der Waals surface area contributed by atoms with Crippen LogP contribution in [0.2, 0.25) is 0 Å². The van der Waals surface area contributed by atoms with Crippen LogP contribution in [0.3, 0.4) is 0 Å². The minimum atomic E-state index is -0.227. The lowest BCUT2D eigenvalue weighted by Gasteiger charge is -2.18. The van der Waals surface area contributed by atoms with E-state index in [4.69, 9.17) is 0 Å². The molecule has 22 heavy (non-hydrogen) atoms. The minimum absolute atomic E-state index is 0.227. The topological polar surface area (TPSA) is 0 Å². The average molecular weight is 310 g/mol. The van der Waals surface area contributed by atoms with Gasteiger partial charge in [0, 0.05) is 5.92 Å². The van der Waals surface area contributed by atoms with Crippen LogP contribution in [0.25, 0.3) is 0 Å². The van der Waals surface area contributed by atoms with Crippen molar-refractivity contribution in [3.63, 3.8) is 0 Å². The highest BCUT2D eigenvalue weighted by Crippen LogP contribution is 2.63. The molecule has 2 aliphatic rings. The van der Waals surface area contributed by atoms with Crippen LogP contribution in [0.15, 0.2) is 64.8 Å². The fourth-order valence-electron chi connectivity index (χ4n) is 3.43. The van der Waals surface area contributed by atoms with E-state index in [1.54, 1.807) is 21.5 Å². The molecule has 2 unspecified atom stereocenters. The normalized spacial score (nSPS) is 23.1. The third-order valence-electron chi connectivity index (χ3n) is 4.61. The van der Waals surface area contributed by atoms with Crippen molar-refractivity contribution >= 4 is 13.2 Å². The summed E-state index contributed by atoms with van der Waals surface area (Å²) in [6.45, 7) is 4.58. The SMILES string of the molecule is CCCCC1=CC2C=C(CCCC)P(c3ccccc3)C2=C1.